The first-order valence-corrected chi connectivity index (χ1v) is 7.60. The fraction of sp³-hybridized carbons (Fsp3) is 0.412. The zero-order valence-electron chi connectivity index (χ0n) is 12.9. The van der Waals surface area contributed by atoms with Crippen molar-refractivity contribution in [3.63, 3.8) is 0 Å². The van der Waals surface area contributed by atoms with Crippen LogP contribution in [0.4, 0.5) is 5.82 Å². The van der Waals surface area contributed by atoms with Gasteiger partial charge in [-0.2, -0.15) is 0 Å². The Balaban J connectivity index is 1.58. The predicted octanol–water partition coefficient (Wildman–Crippen LogP) is 1.55. The molecule has 1 saturated heterocycles. The average molecular weight is 298 g/mol. The highest BCUT2D eigenvalue weighted by Gasteiger charge is 2.37. The number of benzene rings is 1. The van der Waals surface area contributed by atoms with Crippen molar-refractivity contribution < 1.29 is 5.11 Å². The smallest absolute Gasteiger partial charge is 0.146 e. The molecule has 0 aliphatic carbocycles. The number of aromatic nitrogens is 2. The number of hydrogen-bond acceptors (Lipinski definition) is 5. The molecule has 2 aromatic rings. The third-order valence-corrected chi connectivity index (χ3v) is 4.13. The first-order chi connectivity index (χ1) is 10.6. The van der Waals surface area contributed by atoms with E-state index in [4.69, 9.17) is 0 Å². The average Bonchev–Trinajstić information content (AvgIpc) is 2.90. The number of nitrogens with zero attached hydrogens (tertiary/aromatic N) is 4. The number of aliphatic hydroxyl groups is 1. The Morgan fingerprint density at radius 3 is 2.82 bits per heavy atom. The molecule has 3 rings (SSSR count). The van der Waals surface area contributed by atoms with Crippen LogP contribution >= 0.6 is 0 Å². The summed E-state index contributed by atoms with van der Waals surface area (Å²) in [7, 11) is 1.95. The number of likely N-dealkylation sites (N-methyl/N-ethyl adjacent to an activating group) is 1. The van der Waals surface area contributed by atoms with Crippen LogP contribution in [-0.4, -0.2) is 52.3 Å². The number of likely N-dealkylation sites (tertiary alicyclic amines) is 1. The SMILES string of the molecule is CN(CC1(O)CCN(Cc2ccccc2)C1)c1cnccn1. The lowest BCUT2D eigenvalue weighted by molar-refractivity contribution is 0.0561. The minimum Gasteiger partial charge on any atom is -0.387 e. The van der Waals surface area contributed by atoms with Gasteiger partial charge in [0.25, 0.3) is 0 Å². The third-order valence-electron chi connectivity index (χ3n) is 4.13. The van der Waals surface area contributed by atoms with Gasteiger partial charge in [-0.1, -0.05) is 30.3 Å². The van der Waals surface area contributed by atoms with E-state index in [0.29, 0.717) is 13.1 Å². The van der Waals surface area contributed by atoms with E-state index in [0.717, 1.165) is 25.3 Å². The molecular formula is C17H22N4O. The van der Waals surface area contributed by atoms with Crippen molar-refractivity contribution in [2.45, 2.75) is 18.6 Å². The highest BCUT2D eigenvalue weighted by atomic mass is 16.3. The van der Waals surface area contributed by atoms with Crippen molar-refractivity contribution >= 4 is 5.82 Å². The first kappa shape index (κ1) is 14.9. The summed E-state index contributed by atoms with van der Waals surface area (Å²) in [5.41, 5.74) is 0.593. The van der Waals surface area contributed by atoms with E-state index >= 15 is 0 Å². The summed E-state index contributed by atoms with van der Waals surface area (Å²) in [6.45, 7) is 3.06. The van der Waals surface area contributed by atoms with E-state index in [1.165, 1.54) is 5.56 Å². The zero-order chi connectivity index (χ0) is 15.4. The van der Waals surface area contributed by atoms with Crippen LogP contribution in [-0.2, 0) is 6.54 Å². The van der Waals surface area contributed by atoms with Gasteiger partial charge in [0, 0.05) is 45.6 Å². The molecular weight excluding hydrogens is 276 g/mol. The summed E-state index contributed by atoms with van der Waals surface area (Å²) in [6.07, 6.45) is 5.83. The van der Waals surface area contributed by atoms with E-state index in [1.54, 1.807) is 18.6 Å². The Bertz CT molecular complexity index is 592. The topological polar surface area (TPSA) is 52.5 Å². The van der Waals surface area contributed by atoms with Gasteiger partial charge in [0.1, 0.15) is 5.82 Å². The molecule has 0 bridgehead atoms. The van der Waals surface area contributed by atoms with Crippen molar-refractivity contribution in [1.29, 1.82) is 0 Å². The van der Waals surface area contributed by atoms with Crippen LogP contribution < -0.4 is 4.90 Å². The molecule has 2 heterocycles. The molecule has 0 saturated carbocycles. The Morgan fingerprint density at radius 2 is 2.09 bits per heavy atom. The van der Waals surface area contributed by atoms with E-state index in [2.05, 4.69) is 39.1 Å². The molecule has 5 nitrogen and oxygen atoms in total. The van der Waals surface area contributed by atoms with Gasteiger partial charge in [-0.15, -0.1) is 0 Å². The van der Waals surface area contributed by atoms with Gasteiger partial charge in [0.15, 0.2) is 0 Å². The molecule has 1 atom stereocenters. The summed E-state index contributed by atoms with van der Waals surface area (Å²) in [5, 5.41) is 10.8. The van der Waals surface area contributed by atoms with Gasteiger partial charge in [-0.05, 0) is 12.0 Å². The van der Waals surface area contributed by atoms with E-state index in [1.807, 2.05) is 18.0 Å². The minimum absolute atomic E-state index is 0.566. The van der Waals surface area contributed by atoms with Crippen LogP contribution in [0.15, 0.2) is 48.9 Å². The molecule has 0 amide bonds. The first-order valence-electron chi connectivity index (χ1n) is 7.60. The molecule has 1 unspecified atom stereocenters. The molecule has 1 aliphatic rings. The standard InChI is InChI=1S/C17H22N4O/c1-20(16-11-18-8-9-19-16)13-17(22)7-10-21(14-17)12-15-5-3-2-4-6-15/h2-6,8-9,11,22H,7,10,12-14H2,1H3. The summed E-state index contributed by atoms with van der Waals surface area (Å²) in [5.74, 6) is 0.789. The summed E-state index contributed by atoms with van der Waals surface area (Å²) >= 11 is 0. The lowest BCUT2D eigenvalue weighted by Crippen LogP contribution is -2.44. The molecule has 22 heavy (non-hydrogen) atoms. The number of β-amino-alcohol motifs (C(OH)–C–C–N with tert-alkyl or cyclic N) is 1. The molecule has 116 valence electrons. The maximum Gasteiger partial charge on any atom is 0.146 e. The highest BCUT2D eigenvalue weighted by Crippen LogP contribution is 2.24. The molecule has 1 aliphatic heterocycles. The van der Waals surface area contributed by atoms with Gasteiger partial charge in [0.05, 0.1) is 11.8 Å². The molecule has 1 fully saturated rings. The normalized spacial score (nSPS) is 21.9. The third kappa shape index (κ3) is 3.61. The van der Waals surface area contributed by atoms with Crippen molar-refractivity contribution in [2.24, 2.45) is 0 Å². The Kier molecular flexibility index (Phi) is 4.36. The van der Waals surface area contributed by atoms with Crippen molar-refractivity contribution in [3.05, 3.63) is 54.5 Å². The zero-order valence-corrected chi connectivity index (χ0v) is 12.9. The van der Waals surface area contributed by atoms with Gasteiger partial charge in [0.2, 0.25) is 0 Å². The quantitative estimate of drug-likeness (QED) is 0.907. The Labute approximate surface area is 131 Å². The fourth-order valence-electron chi connectivity index (χ4n) is 3.06. The van der Waals surface area contributed by atoms with Crippen LogP contribution in [0.5, 0.6) is 0 Å². The van der Waals surface area contributed by atoms with Gasteiger partial charge >= 0.3 is 0 Å². The van der Waals surface area contributed by atoms with Crippen LogP contribution in [0.3, 0.4) is 0 Å². The van der Waals surface area contributed by atoms with Crippen LogP contribution in [0, 0.1) is 0 Å². The van der Waals surface area contributed by atoms with Gasteiger partial charge in [-0.25, -0.2) is 4.98 Å². The van der Waals surface area contributed by atoms with E-state index in [-0.39, 0.29) is 0 Å². The minimum atomic E-state index is -0.693. The lowest BCUT2D eigenvalue weighted by Gasteiger charge is -2.29. The maximum absolute atomic E-state index is 10.8. The van der Waals surface area contributed by atoms with Crippen LogP contribution in [0.25, 0.3) is 0 Å². The highest BCUT2D eigenvalue weighted by molar-refractivity contribution is 5.34. The maximum atomic E-state index is 10.8. The summed E-state index contributed by atoms with van der Waals surface area (Å²) < 4.78 is 0. The number of rotatable bonds is 5. The largest absolute Gasteiger partial charge is 0.387 e. The van der Waals surface area contributed by atoms with Crippen molar-refractivity contribution in [2.75, 3.05) is 31.6 Å². The fourth-order valence-corrected chi connectivity index (χ4v) is 3.06. The molecule has 1 aromatic heterocycles. The lowest BCUT2D eigenvalue weighted by atomic mass is 10.0. The van der Waals surface area contributed by atoms with Crippen LogP contribution in [0.2, 0.25) is 0 Å². The molecule has 5 heteroatoms. The summed E-state index contributed by atoms with van der Waals surface area (Å²) in [6, 6.07) is 10.4. The van der Waals surface area contributed by atoms with Crippen molar-refractivity contribution in [1.82, 2.24) is 14.9 Å². The second kappa shape index (κ2) is 6.42. The van der Waals surface area contributed by atoms with Gasteiger partial charge < -0.3 is 10.0 Å². The van der Waals surface area contributed by atoms with Gasteiger partial charge in [-0.3, -0.25) is 9.88 Å². The molecule has 1 N–H and O–H groups in total. The predicted molar refractivity (Wildman–Crippen MR) is 86.6 cm³/mol. The van der Waals surface area contributed by atoms with Crippen molar-refractivity contribution in [3.8, 4) is 0 Å². The Morgan fingerprint density at radius 1 is 1.27 bits per heavy atom. The summed E-state index contributed by atoms with van der Waals surface area (Å²) in [4.78, 5) is 12.6. The molecule has 1 aromatic carbocycles. The van der Waals surface area contributed by atoms with Crippen LogP contribution in [0.1, 0.15) is 12.0 Å². The second-order valence-electron chi connectivity index (χ2n) is 6.09. The molecule has 0 spiro atoms. The second-order valence-corrected chi connectivity index (χ2v) is 6.09. The molecule has 0 radical (unpaired) electrons. The number of hydrogen-bond donors (Lipinski definition) is 1. The monoisotopic (exact) mass is 298 g/mol. The Hall–Kier alpha value is -1.98. The number of anilines is 1. The van der Waals surface area contributed by atoms with E-state index < -0.39 is 5.60 Å². The van der Waals surface area contributed by atoms with E-state index in [9.17, 15) is 5.11 Å².